The van der Waals surface area contributed by atoms with Gasteiger partial charge in [0.15, 0.2) is 5.69 Å². The van der Waals surface area contributed by atoms with E-state index in [1.807, 2.05) is 36.7 Å². The van der Waals surface area contributed by atoms with Gasteiger partial charge in [-0.1, -0.05) is 12.5 Å². The molecular formula is C28H31N7O. The molecule has 36 heavy (non-hydrogen) atoms. The molecule has 0 saturated carbocycles. The highest BCUT2D eigenvalue weighted by atomic mass is 16.1. The molecule has 5 heterocycles. The number of fused-ring (bicyclic) bond motifs is 1. The second-order valence-electron chi connectivity index (χ2n) is 9.87. The van der Waals surface area contributed by atoms with E-state index in [0.717, 1.165) is 72.7 Å². The lowest BCUT2D eigenvalue weighted by Crippen LogP contribution is -2.36. The number of nitrogens with one attached hydrogen (secondary N) is 2. The van der Waals surface area contributed by atoms with Crippen LogP contribution in [0.25, 0.3) is 22.0 Å². The van der Waals surface area contributed by atoms with E-state index in [9.17, 15) is 4.79 Å². The van der Waals surface area contributed by atoms with E-state index in [1.54, 1.807) is 6.20 Å². The number of likely N-dealkylation sites (tertiary alicyclic amines) is 2. The normalized spacial score (nSPS) is 16.7. The number of carbonyl (C=O) groups excluding carboxylic acids is 1. The van der Waals surface area contributed by atoms with Crippen molar-refractivity contribution in [2.45, 2.75) is 38.8 Å². The zero-order valence-corrected chi connectivity index (χ0v) is 20.4. The molecule has 0 bridgehead atoms. The minimum Gasteiger partial charge on any atom is -0.320 e. The number of amides is 1. The number of anilines is 1. The maximum absolute atomic E-state index is 13.2. The van der Waals surface area contributed by atoms with Crippen LogP contribution in [0.5, 0.6) is 0 Å². The molecule has 0 atom stereocenters. The molecule has 3 aromatic heterocycles. The smallest absolute Gasteiger partial charge is 0.276 e. The molecule has 2 saturated heterocycles. The zero-order valence-electron chi connectivity index (χ0n) is 20.4. The van der Waals surface area contributed by atoms with Gasteiger partial charge in [0.2, 0.25) is 0 Å². The van der Waals surface area contributed by atoms with Gasteiger partial charge >= 0.3 is 0 Å². The fourth-order valence-electron chi connectivity index (χ4n) is 5.08. The van der Waals surface area contributed by atoms with Crippen molar-refractivity contribution in [1.82, 2.24) is 30.0 Å². The molecule has 0 spiro atoms. The SMILES string of the molecule is O=C(Nc1ccnc(CN2CCC2)c1)c1n[nH]c2ccc(-c3cncc(CN4CCCCC4)c3)cc12. The quantitative estimate of drug-likeness (QED) is 0.405. The molecule has 0 aliphatic carbocycles. The Bertz CT molecular complexity index is 1370. The number of H-pyrrole nitrogens is 1. The summed E-state index contributed by atoms with van der Waals surface area (Å²) in [6, 6.07) is 12.0. The number of aromatic amines is 1. The Balaban J connectivity index is 1.21. The monoisotopic (exact) mass is 481 g/mol. The van der Waals surface area contributed by atoms with E-state index in [4.69, 9.17) is 0 Å². The van der Waals surface area contributed by atoms with Crippen molar-refractivity contribution in [1.29, 1.82) is 0 Å². The molecule has 2 aliphatic heterocycles. The summed E-state index contributed by atoms with van der Waals surface area (Å²) in [5.74, 6) is -0.239. The number of piperidine rings is 1. The summed E-state index contributed by atoms with van der Waals surface area (Å²) in [6.07, 6.45) is 10.7. The first kappa shape index (κ1) is 22.8. The van der Waals surface area contributed by atoms with E-state index in [0.29, 0.717) is 5.69 Å². The van der Waals surface area contributed by atoms with Gasteiger partial charge < -0.3 is 5.32 Å². The third-order valence-electron chi connectivity index (χ3n) is 7.17. The third kappa shape index (κ3) is 5.01. The molecule has 1 aromatic carbocycles. The summed E-state index contributed by atoms with van der Waals surface area (Å²) in [4.78, 5) is 27.0. The van der Waals surface area contributed by atoms with Crippen LogP contribution < -0.4 is 5.32 Å². The van der Waals surface area contributed by atoms with Crippen molar-refractivity contribution in [3.05, 3.63) is 71.9 Å². The van der Waals surface area contributed by atoms with Gasteiger partial charge in [0.1, 0.15) is 0 Å². The van der Waals surface area contributed by atoms with E-state index >= 15 is 0 Å². The van der Waals surface area contributed by atoms with E-state index < -0.39 is 0 Å². The molecule has 184 valence electrons. The van der Waals surface area contributed by atoms with Gasteiger partial charge in [0.05, 0.1) is 11.2 Å². The number of aromatic nitrogens is 4. The van der Waals surface area contributed by atoms with Crippen molar-refractivity contribution in [3.8, 4) is 11.1 Å². The number of hydrogen-bond donors (Lipinski definition) is 2. The number of benzene rings is 1. The molecule has 8 nitrogen and oxygen atoms in total. The van der Waals surface area contributed by atoms with Crippen molar-refractivity contribution < 1.29 is 4.79 Å². The Morgan fingerprint density at radius 3 is 2.56 bits per heavy atom. The van der Waals surface area contributed by atoms with Gasteiger partial charge in [-0.05, 0) is 86.9 Å². The van der Waals surface area contributed by atoms with Crippen molar-refractivity contribution in [3.63, 3.8) is 0 Å². The predicted octanol–water partition coefficient (Wildman–Crippen LogP) is 4.46. The number of carbonyl (C=O) groups is 1. The van der Waals surface area contributed by atoms with Crippen molar-refractivity contribution in [2.75, 3.05) is 31.5 Å². The Morgan fingerprint density at radius 2 is 1.72 bits per heavy atom. The first-order chi connectivity index (χ1) is 17.7. The van der Waals surface area contributed by atoms with Crippen LogP contribution in [0.4, 0.5) is 5.69 Å². The lowest BCUT2D eigenvalue weighted by atomic mass is 10.0. The largest absolute Gasteiger partial charge is 0.320 e. The molecule has 6 rings (SSSR count). The third-order valence-corrected chi connectivity index (χ3v) is 7.17. The fraction of sp³-hybridized carbons (Fsp3) is 0.357. The molecule has 2 fully saturated rings. The summed E-state index contributed by atoms with van der Waals surface area (Å²) < 4.78 is 0. The van der Waals surface area contributed by atoms with Gasteiger partial charge in [-0.25, -0.2) is 0 Å². The van der Waals surface area contributed by atoms with Crippen LogP contribution in [-0.2, 0) is 13.1 Å². The van der Waals surface area contributed by atoms with Crippen LogP contribution in [0.3, 0.4) is 0 Å². The van der Waals surface area contributed by atoms with Gasteiger partial charge in [0.25, 0.3) is 5.91 Å². The number of hydrogen-bond acceptors (Lipinski definition) is 6. The zero-order chi connectivity index (χ0) is 24.3. The number of pyridine rings is 2. The summed E-state index contributed by atoms with van der Waals surface area (Å²) in [5, 5.41) is 11.1. The predicted molar refractivity (Wildman–Crippen MR) is 141 cm³/mol. The summed E-state index contributed by atoms with van der Waals surface area (Å²) >= 11 is 0. The van der Waals surface area contributed by atoms with Crippen LogP contribution in [-0.4, -0.2) is 62.1 Å². The van der Waals surface area contributed by atoms with Crippen LogP contribution in [0.15, 0.2) is 55.0 Å². The molecule has 1 amide bonds. The van der Waals surface area contributed by atoms with E-state index in [-0.39, 0.29) is 5.91 Å². The minimum atomic E-state index is -0.239. The minimum absolute atomic E-state index is 0.239. The Morgan fingerprint density at radius 1 is 0.889 bits per heavy atom. The Hall–Kier alpha value is -3.62. The van der Waals surface area contributed by atoms with Crippen LogP contribution >= 0.6 is 0 Å². The summed E-state index contributed by atoms with van der Waals surface area (Å²) in [7, 11) is 0. The maximum atomic E-state index is 13.2. The molecule has 2 aliphatic rings. The van der Waals surface area contributed by atoms with E-state index in [1.165, 1.54) is 31.2 Å². The molecule has 4 aromatic rings. The average Bonchev–Trinajstić information content (AvgIpc) is 3.31. The number of nitrogens with zero attached hydrogens (tertiary/aromatic N) is 5. The highest BCUT2D eigenvalue weighted by molar-refractivity contribution is 6.11. The van der Waals surface area contributed by atoms with Gasteiger partial charge in [-0.15, -0.1) is 0 Å². The Kier molecular flexibility index (Phi) is 6.44. The van der Waals surface area contributed by atoms with Crippen LogP contribution in [0.1, 0.15) is 47.4 Å². The van der Waals surface area contributed by atoms with Gasteiger partial charge in [-0.2, -0.15) is 5.10 Å². The standard InChI is InChI=1S/C28H31N7O/c36-28(31-23-7-8-30-24(15-23)19-35-11-4-12-35)27-25-14-21(5-6-26(25)32-33-27)22-13-20(16-29-17-22)18-34-9-2-1-3-10-34/h5-8,13-17H,1-4,9-12,18-19H2,(H,32,33)(H,30,31,36). The second-order valence-corrected chi connectivity index (χ2v) is 9.87. The molecule has 0 unspecified atom stereocenters. The molecule has 0 radical (unpaired) electrons. The fourth-order valence-corrected chi connectivity index (χ4v) is 5.08. The van der Waals surface area contributed by atoms with Gasteiger partial charge in [-0.3, -0.25) is 29.7 Å². The first-order valence-corrected chi connectivity index (χ1v) is 12.8. The maximum Gasteiger partial charge on any atom is 0.276 e. The Labute approximate surface area is 210 Å². The van der Waals surface area contributed by atoms with Crippen LogP contribution in [0.2, 0.25) is 0 Å². The van der Waals surface area contributed by atoms with Gasteiger partial charge in [0, 0.05) is 48.3 Å². The molecule has 2 N–H and O–H groups in total. The number of rotatable bonds is 7. The van der Waals surface area contributed by atoms with Crippen LogP contribution in [0, 0.1) is 0 Å². The van der Waals surface area contributed by atoms with Crippen molar-refractivity contribution in [2.24, 2.45) is 0 Å². The topological polar surface area (TPSA) is 90.0 Å². The highest BCUT2D eigenvalue weighted by Gasteiger charge is 2.18. The molecular weight excluding hydrogens is 450 g/mol. The van der Waals surface area contributed by atoms with Crippen molar-refractivity contribution >= 4 is 22.5 Å². The summed E-state index contributed by atoms with van der Waals surface area (Å²) in [6.45, 7) is 6.26. The molecule has 8 heteroatoms. The lowest BCUT2D eigenvalue weighted by molar-refractivity contribution is 0.102. The second kappa shape index (κ2) is 10.2. The first-order valence-electron chi connectivity index (χ1n) is 12.8. The van der Waals surface area contributed by atoms with E-state index in [2.05, 4.69) is 47.4 Å². The summed E-state index contributed by atoms with van der Waals surface area (Å²) in [5.41, 5.74) is 6.17. The lowest BCUT2D eigenvalue weighted by Gasteiger charge is -2.30. The highest BCUT2D eigenvalue weighted by Crippen LogP contribution is 2.27. The average molecular weight is 482 g/mol.